The van der Waals surface area contributed by atoms with Crippen LogP contribution in [-0.4, -0.2) is 39.5 Å². The summed E-state index contributed by atoms with van der Waals surface area (Å²) in [5.74, 6) is -0.261. The van der Waals surface area contributed by atoms with Crippen LogP contribution in [0.4, 0.5) is 0 Å². The monoisotopic (exact) mass is 280 g/mol. The molecule has 0 aromatic rings. The Balaban J connectivity index is 3.85. The molecular weight excluding hydrogens is 266 g/mol. The molecule has 14 heavy (non-hydrogen) atoms. The third-order valence-electron chi connectivity index (χ3n) is 1.09. The van der Waals surface area contributed by atoms with E-state index in [0.29, 0.717) is 19.0 Å². The highest BCUT2D eigenvalue weighted by molar-refractivity contribution is 8.57. The molecule has 9 heteroatoms. The third-order valence-corrected chi connectivity index (χ3v) is 8.58. The summed E-state index contributed by atoms with van der Waals surface area (Å²) in [7, 11) is 0. The summed E-state index contributed by atoms with van der Waals surface area (Å²) in [5, 5.41) is 0. The smallest absolute Gasteiger partial charge is 0.264 e. The summed E-state index contributed by atoms with van der Waals surface area (Å²) in [4.78, 5) is 27.0. The number of hydrogen-bond acceptors (Lipinski definition) is 4. The van der Waals surface area contributed by atoms with Crippen LogP contribution in [0.2, 0.25) is 0 Å². The van der Waals surface area contributed by atoms with Crippen molar-refractivity contribution in [3.05, 3.63) is 0 Å². The zero-order valence-corrected chi connectivity index (χ0v) is 11.1. The Kier molecular flexibility index (Phi) is 7.11. The SMILES string of the molecule is CCOCCSP(=O)(O)CP(O)(O)=S. The van der Waals surface area contributed by atoms with E-state index in [4.69, 9.17) is 14.5 Å². The standard InChI is InChI=1S/C5H14O5P2S2/c1-2-10-3-4-14-12(8,9)5-11(6,7)13/h2-5H2,1H3,(H,8,9)(H2,6,7,13). The van der Waals surface area contributed by atoms with Gasteiger partial charge >= 0.3 is 0 Å². The molecule has 0 spiro atoms. The van der Waals surface area contributed by atoms with Crippen LogP contribution in [0.25, 0.3) is 0 Å². The van der Waals surface area contributed by atoms with Gasteiger partial charge < -0.3 is 19.4 Å². The fourth-order valence-corrected chi connectivity index (χ4v) is 8.65. The van der Waals surface area contributed by atoms with E-state index in [1.807, 2.05) is 6.92 Å². The van der Waals surface area contributed by atoms with Crippen molar-refractivity contribution in [3.8, 4) is 0 Å². The van der Waals surface area contributed by atoms with Crippen LogP contribution in [0.1, 0.15) is 6.92 Å². The molecule has 0 aromatic carbocycles. The minimum atomic E-state index is -3.58. The van der Waals surface area contributed by atoms with Crippen LogP contribution in [-0.2, 0) is 21.1 Å². The van der Waals surface area contributed by atoms with Gasteiger partial charge in [-0.3, -0.25) is 4.57 Å². The topological polar surface area (TPSA) is 87.0 Å². The second-order valence-corrected chi connectivity index (χ2v) is 11.1. The lowest BCUT2D eigenvalue weighted by atomic mass is 10.8. The van der Waals surface area contributed by atoms with Gasteiger partial charge in [0.2, 0.25) is 0 Å². The molecular formula is C5H14O5P2S2. The fraction of sp³-hybridized carbons (Fsp3) is 1.00. The minimum Gasteiger partial charge on any atom is -0.381 e. The maximum atomic E-state index is 11.3. The van der Waals surface area contributed by atoms with Gasteiger partial charge in [-0.2, -0.15) is 0 Å². The van der Waals surface area contributed by atoms with E-state index in [0.717, 1.165) is 11.4 Å². The molecule has 0 aliphatic heterocycles. The molecule has 86 valence electrons. The van der Waals surface area contributed by atoms with Crippen LogP contribution in [0, 0.1) is 0 Å². The molecule has 0 aliphatic rings. The summed E-state index contributed by atoms with van der Waals surface area (Å²) >= 11 is 5.05. The van der Waals surface area contributed by atoms with Gasteiger partial charge in [-0.25, -0.2) is 0 Å². The first-order valence-corrected chi connectivity index (χ1v) is 10.2. The lowest BCUT2D eigenvalue weighted by Gasteiger charge is -2.13. The van der Waals surface area contributed by atoms with Crippen molar-refractivity contribution in [2.75, 3.05) is 24.9 Å². The van der Waals surface area contributed by atoms with Crippen molar-refractivity contribution >= 4 is 36.3 Å². The highest BCUT2D eigenvalue weighted by Gasteiger charge is 2.26. The van der Waals surface area contributed by atoms with E-state index in [1.165, 1.54) is 0 Å². The minimum absolute atomic E-state index is 0.344. The summed E-state index contributed by atoms with van der Waals surface area (Å²) in [5.41, 5.74) is 0. The zero-order chi connectivity index (χ0) is 11.2. The number of hydrogen-bond donors (Lipinski definition) is 3. The van der Waals surface area contributed by atoms with Crippen molar-refractivity contribution < 1.29 is 24.0 Å². The first kappa shape index (κ1) is 15.1. The van der Waals surface area contributed by atoms with E-state index < -0.39 is 19.0 Å². The Morgan fingerprint density at radius 3 is 2.43 bits per heavy atom. The van der Waals surface area contributed by atoms with E-state index in [9.17, 15) is 9.46 Å². The van der Waals surface area contributed by atoms with Crippen LogP contribution >= 0.6 is 24.4 Å². The van der Waals surface area contributed by atoms with Gasteiger partial charge in [0.15, 0.2) is 6.49 Å². The molecule has 1 unspecified atom stereocenters. The summed E-state index contributed by atoms with van der Waals surface area (Å²) < 4.78 is 16.3. The van der Waals surface area contributed by atoms with E-state index >= 15 is 0 Å². The third kappa shape index (κ3) is 9.62. The molecule has 3 N–H and O–H groups in total. The molecule has 0 rings (SSSR count). The van der Waals surface area contributed by atoms with E-state index in [-0.39, 0.29) is 0 Å². The van der Waals surface area contributed by atoms with Gasteiger partial charge in [0, 0.05) is 12.4 Å². The zero-order valence-electron chi connectivity index (χ0n) is 7.70. The predicted octanol–water partition coefficient (Wildman–Crippen LogP) is 1.19. The first-order valence-electron chi connectivity index (χ1n) is 3.85. The molecule has 0 aromatic heterocycles. The van der Waals surface area contributed by atoms with Gasteiger partial charge in [0.05, 0.1) is 6.61 Å². The summed E-state index contributed by atoms with van der Waals surface area (Å²) in [6.45, 7) is -4.42. The Labute approximate surface area is 92.2 Å². The second kappa shape index (κ2) is 6.61. The molecule has 0 fully saturated rings. The Morgan fingerprint density at radius 2 is 2.00 bits per heavy atom. The molecule has 0 radical (unpaired) electrons. The van der Waals surface area contributed by atoms with Crippen molar-refractivity contribution in [2.45, 2.75) is 6.92 Å². The van der Waals surface area contributed by atoms with Crippen molar-refractivity contribution in [2.24, 2.45) is 0 Å². The van der Waals surface area contributed by atoms with Crippen LogP contribution in [0.3, 0.4) is 0 Å². The van der Waals surface area contributed by atoms with Crippen molar-refractivity contribution in [3.63, 3.8) is 0 Å². The van der Waals surface area contributed by atoms with Crippen LogP contribution in [0.5, 0.6) is 0 Å². The van der Waals surface area contributed by atoms with E-state index in [2.05, 4.69) is 11.8 Å². The average molecular weight is 280 g/mol. The Morgan fingerprint density at radius 1 is 1.43 bits per heavy atom. The normalized spacial score (nSPS) is 16.6. The highest BCUT2D eigenvalue weighted by Crippen LogP contribution is 2.63. The molecule has 0 saturated carbocycles. The molecule has 0 aliphatic carbocycles. The van der Waals surface area contributed by atoms with Crippen LogP contribution in [0.15, 0.2) is 0 Å². The summed E-state index contributed by atoms with van der Waals surface area (Å²) in [6, 6.07) is 0. The average Bonchev–Trinajstić information content (AvgIpc) is 1.93. The Hall–Kier alpha value is 1.07. The van der Waals surface area contributed by atoms with Gasteiger partial charge in [-0.15, -0.1) is 0 Å². The van der Waals surface area contributed by atoms with E-state index in [1.54, 1.807) is 0 Å². The van der Waals surface area contributed by atoms with Crippen molar-refractivity contribution in [1.82, 2.24) is 0 Å². The first-order chi connectivity index (χ1) is 6.27. The highest BCUT2D eigenvalue weighted by atomic mass is 32.7. The van der Waals surface area contributed by atoms with Gasteiger partial charge in [0.25, 0.3) is 6.57 Å². The summed E-state index contributed by atoms with van der Waals surface area (Å²) in [6.07, 6.45) is 0. The lowest BCUT2D eigenvalue weighted by molar-refractivity contribution is 0.164. The maximum Gasteiger partial charge on any atom is 0.264 e. The van der Waals surface area contributed by atoms with Gasteiger partial charge in [-0.1, -0.05) is 11.4 Å². The molecule has 0 heterocycles. The van der Waals surface area contributed by atoms with Crippen molar-refractivity contribution in [1.29, 1.82) is 0 Å². The molecule has 1 atom stereocenters. The van der Waals surface area contributed by atoms with Gasteiger partial charge in [-0.05, 0) is 18.7 Å². The maximum absolute atomic E-state index is 11.3. The fourth-order valence-electron chi connectivity index (χ4n) is 0.657. The molecule has 0 amide bonds. The predicted molar refractivity (Wildman–Crippen MR) is 62.4 cm³/mol. The lowest BCUT2D eigenvalue weighted by Crippen LogP contribution is -1.97. The number of rotatable bonds is 7. The Bertz CT molecular complexity index is 253. The molecule has 0 saturated heterocycles. The molecule has 5 nitrogen and oxygen atoms in total. The largest absolute Gasteiger partial charge is 0.381 e. The quantitative estimate of drug-likeness (QED) is 0.477. The van der Waals surface area contributed by atoms with Gasteiger partial charge in [0.1, 0.15) is 5.90 Å². The second-order valence-electron chi connectivity index (χ2n) is 2.47. The van der Waals surface area contributed by atoms with Crippen LogP contribution < -0.4 is 0 Å². The number of ether oxygens (including phenoxy) is 1. The molecule has 0 bridgehead atoms.